The molecule has 0 aliphatic rings. The standard InChI is InChI=1S/C15H22N2O3/c1-13(18)17(10-11-20-2)12-15(19)16-9-8-14-6-4-3-5-7-14/h3-7H,8-12H2,1-2H3,(H,16,19). The van der Waals surface area contributed by atoms with E-state index in [1.54, 1.807) is 7.11 Å². The largest absolute Gasteiger partial charge is 0.383 e. The number of methoxy groups -OCH3 is 1. The summed E-state index contributed by atoms with van der Waals surface area (Å²) in [4.78, 5) is 24.6. The van der Waals surface area contributed by atoms with E-state index in [-0.39, 0.29) is 18.4 Å². The highest BCUT2D eigenvalue weighted by Crippen LogP contribution is 1.98. The quantitative estimate of drug-likeness (QED) is 0.766. The Balaban J connectivity index is 2.29. The zero-order valence-corrected chi connectivity index (χ0v) is 12.1. The molecular formula is C15H22N2O3. The maximum Gasteiger partial charge on any atom is 0.239 e. The van der Waals surface area contributed by atoms with Gasteiger partial charge in [0.2, 0.25) is 11.8 Å². The predicted octanol–water partition coefficient (Wildman–Crippen LogP) is 0.840. The molecule has 1 N–H and O–H groups in total. The molecule has 5 nitrogen and oxygen atoms in total. The van der Waals surface area contributed by atoms with Crippen molar-refractivity contribution in [2.24, 2.45) is 0 Å². The molecule has 0 fully saturated rings. The Bertz CT molecular complexity index is 420. The van der Waals surface area contributed by atoms with Crippen LogP contribution in [0.15, 0.2) is 30.3 Å². The number of hydrogen-bond donors (Lipinski definition) is 1. The Kier molecular flexibility index (Phi) is 7.35. The highest BCUT2D eigenvalue weighted by molar-refractivity contribution is 5.83. The number of hydrogen-bond acceptors (Lipinski definition) is 3. The maximum atomic E-state index is 11.8. The van der Waals surface area contributed by atoms with Crippen LogP contribution in [0.2, 0.25) is 0 Å². The van der Waals surface area contributed by atoms with E-state index in [1.807, 2.05) is 30.3 Å². The molecule has 0 spiro atoms. The smallest absolute Gasteiger partial charge is 0.239 e. The van der Waals surface area contributed by atoms with Crippen LogP contribution in [0.5, 0.6) is 0 Å². The highest BCUT2D eigenvalue weighted by atomic mass is 16.5. The van der Waals surface area contributed by atoms with Gasteiger partial charge in [0.05, 0.1) is 13.2 Å². The minimum absolute atomic E-state index is 0.0769. The van der Waals surface area contributed by atoms with Gasteiger partial charge in [0.25, 0.3) is 0 Å². The Morgan fingerprint density at radius 1 is 1.25 bits per heavy atom. The van der Waals surface area contributed by atoms with Crippen molar-refractivity contribution >= 4 is 11.8 Å². The van der Waals surface area contributed by atoms with Gasteiger partial charge < -0.3 is 15.0 Å². The third kappa shape index (κ3) is 6.33. The number of carbonyl (C=O) groups excluding carboxylic acids is 2. The van der Waals surface area contributed by atoms with E-state index in [9.17, 15) is 9.59 Å². The first kappa shape index (κ1) is 16.2. The van der Waals surface area contributed by atoms with Gasteiger partial charge in [0.15, 0.2) is 0 Å². The predicted molar refractivity (Wildman–Crippen MR) is 77.3 cm³/mol. The molecule has 0 unspecified atom stereocenters. The van der Waals surface area contributed by atoms with Crippen LogP contribution < -0.4 is 5.32 Å². The second-order valence-corrected chi connectivity index (χ2v) is 4.52. The van der Waals surface area contributed by atoms with Gasteiger partial charge in [-0.25, -0.2) is 0 Å². The molecule has 2 amide bonds. The topological polar surface area (TPSA) is 58.6 Å². The molecule has 110 valence electrons. The highest BCUT2D eigenvalue weighted by Gasteiger charge is 2.12. The maximum absolute atomic E-state index is 11.8. The fraction of sp³-hybridized carbons (Fsp3) is 0.467. The van der Waals surface area contributed by atoms with Crippen LogP contribution in [0.25, 0.3) is 0 Å². The molecule has 0 radical (unpaired) electrons. The number of carbonyl (C=O) groups is 2. The van der Waals surface area contributed by atoms with Gasteiger partial charge in [0, 0.05) is 27.1 Å². The fourth-order valence-corrected chi connectivity index (χ4v) is 1.77. The number of amides is 2. The molecule has 0 saturated carbocycles. The molecule has 0 bridgehead atoms. The number of ether oxygens (including phenoxy) is 1. The summed E-state index contributed by atoms with van der Waals surface area (Å²) in [5.74, 6) is -0.271. The van der Waals surface area contributed by atoms with Crippen molar-refractivity contribution in [3.63, 3.8) is 0 Å². The second-order valence-electron chi connectivity index (χ2n) is 4.52. The van der Waals surface area contributed by atoms with Gasteiger partial charge in [-0.15, -0.1) is 0 Å². The summed E-state index contributed by atoms with van der Waals surface area (Å²) in [5, 5.41) is 2.82. The van der Waals surface area contributed by atoms with E-state index in [4.69, 9.17) is 4.74 Å². The van der Waals surface area contributed by atoms with Crippen molar-refractivity contribution in [2.45, 2.75) is 13.3 Å². The van der Waals surface area contributed by atoms with E-state index in [2.05, 4.69) is 5.32 Å². The Morgan fingerprint density at radius 3 is 2.55 bits per heavy atom. The van der Waals surface area contributed by atoms with Gasteiger partial charge in [-0.1, -0.05) is 30.3 Å². The molecule has 0 atom stereocenters. The van der Waals surface area contributed by atoms with Gasteiger partial charge in [-0.05, 0) is 12.0 Å². The summed E-state index contributed by atoms with van der Waals surface area (Å²) in [6.45, 7) is 2.95. The first-order valence-electron chi connectivity index (χ1n) is 6.68. The summed E-state index contributed by atoms with van der Waals surface area (Å²) in [7, 11) is 1.57. The van der Waals surface area contributed by atoms with E-state index in [0.717, 1.165) is 6.42 Å². The van der Waals surface area contributed by atoms with Crippen LogP contribution >= 0.6 is 0 Å². The number of nitrogens with zero attached hydrogens (tertiary/aromatic N) is 1. The van der Waals surface area contributed by atoms with Crippen molar-refractivity contribution in [3.8, 4) is 0 Å². The molecule has 0 aliphatic carbocycles. The average molecular weight is 278 g/mol. The zero-order chi connectivity index (χ0) is 14.8. The van der Waals surface area contributed by atoms with Crippen LogP contribution in [0, 0.1) is 0 Å². The third-order valence-electron chi connectivity index (χ3n) is 2.92. The van der Waals surface area contributed by atoms with E-state index >= 15 is 0 Å². The van der Waals surface area contributed by atoms with Gasteiger partial charge in [-0.2, -0.15) is 0 Å². The third-order valence-corrected chi connectivity index (χ3v) is 2.92. The summed E-state index contributed by atoms with van der Waals surface area (Å²) in [5.41, 5.74) is 1.18. The van der Waals surface area contributed by atoms with Crippen LogP contribution in [-0.2, 0) is 20.7 Å². The van der Waals surface area contributed by atoms with E-state index < -0.39 is 0 Å². The lowest BCUT2D eigenvalue weighted by Gasteiger charge is -2.19. The minimum Gasteiger partial charge on any atom is -0.383 e. The van der Waals surface area contributed by atoms with Gasteiger partial charge in [-0.3, -0.25) is 9.59 Å². The fourth-order valence-electron chi connectivity index (χ4n) is 1.77. The lowest BCUT2D eigenvalue weighted by Crippen LogP contribution is -2.41. The van der Waals surface area contributed by atoms with Crippen molar-refractivity contribution in [1.82, 2.24) is 10.2 Å². The van der Waals surface area contributed by atoms with Crippen LogP contribution in [-0.4, -0.2) is 50.1 Å². The summed E-state index contributed by atoms with van der Waals surface area (Å²) < 4.78 is 4.92. The molecule has 1 aromatic rings. The number of benzene rings is 1. The van der Waals surface area contributed by atoms with Crippen LogP contribution in [0.1, 0.15) is 12.5 Å². The lowest BCUT2D eigenvalue weighted by molar-refractivity contribution is -0.134. The Morgan fingerprint density at radius 2 is 1.95 bits per heavy atom. The van der Waals surface area contributed by atoms with Crippen LogP contribution in [0.3, 0.4) is 0 Å². The minimum atomic E-state index is -0.146. The molecule has 5 heteroatoms. The zero-order valence-electron chi connectivity index (χ0n) is 12.1. The van der Waals surface area contributed by atoms with Crippen LogP contribution in [0.4, 0.5) is 0 Å². The van der Waals surface area contributed by atoms with Gasteiger partial charge in [0.1, 0.15) is 0 Å². The summed E-state index contributed by atoms with van der Waals surface area (Å²) in [6.07, 6.45) is 0.782. The monoisotopic (exact) mass is 278 g/mol. The SMILES string of the molecule is COCCN(CC(=O)NCCc1ccccc1)C(C)=O. The van der Waals surface area contributed by atoms with Crippen molar-refractivity contribution in [1.29, 1.82) is 0 Å². The molecule has 0 heterocycles. The first-order valence-corrected chi connectivity index (χ1v) is 6.68. The van der Waals surface area contributed by atoms with E-state index in [0.29, 0.717) is 19.7 Å². The number of rotatable bonds is 8. The molecular weight excluding hydrogens is 256 g/mol. The van der Waals surface area contributed by atoms with E-state index in [1.165, 1.54) is 17.4 Å². The molecule has 0 aromatic heterocycles. The summed E-state index contributed by atoms with van der Waals surface area (Å²) >= 11 is 0. The van der Waals surface area contributed by atoms with Crippen molar-refractivity contribution < 1.29 is 14.3 Å². The molecule has 0 saturated heterocycles. The Labute approximate surface area is 119 Å². The normalized spacial score (nSPS) is 10.1. The van der Waals surface area contributed by atoms with Crippen molar-refractivity contribution in [3.05, 3.63) is 35.9 Å². The molecule has 1 aromatic carbocycles. The second kappa shape index (κ2) is 9.09. The average Bonchev–Trinajstić information content (AvgIpc) is 2.44. The lowest BCUT2D eigenvalue weighted by atomic mass is 10.1. The molecule has 0 aliphatic heterocycles. The first-order chi connectivity index (χ1) is 9.63. The summed E-state index contributed by atoms with van der Waals surface area (Å²) in [6, 6.07) is 9.95. The Hall–Kier alpha value is -1.88. The molecule has 20 heavy (non-hydrogen) atoms. The molecule has 1 rings (SSSR count). The van der Waals surface area contributed by atoms with Gasteiger partial charge >= 0.3 is 0 Å². The van der Waals surface area contributed by atoms with Crippen molar-refractivity contribution in [2.75, 3.05) is 33.4 Å². The number of nitrogens with one attached hydrogen (secondary N) is 1.